The van der Waals surface area contributed by atoms with Gasteiger partial charge in [0.15, 0.2) is 0 Å². The molecule has 0 bridgehead atoms. The molecule has 1 N–H and O–H groups in total. The summed E-state index contributed by atoms with van der Waals surface area (Å²) in [6, 6.07) is 14.6. The first kappa shape index (κ1) is 21.1. The molecule has 168 valence electrons. The zero-order valence-corrected chi connectivity index (χ0v) is 18.6. The third-order valence-electron chi connectivity index (χ3n) is 6.03. The van der Waals surface area contributed by atoms with Crippen LogP contribution < -0.4 is 5.32 Å². The second-order valence-corrected chi connectivity index (χ2v) is 8.39. The van der Waals surface area contributed by atoms with E-state index in [-0.39, 0.29) is 24.3 Å². The number of fused-ring (bicyclic) bond motifs is 1. The molecule has 7 nitrogen and oxygen atoms in total. The SMILES string of the molecule is Cc1cc(Nc2ccc(F)cn2)cc([C@H]2CCCN2C(=O)Cn2c(C)nc3ccccc32)n1. The molecule has 1 atom stereocenters. The molecule has 0 spiro atoms. The van der Waals surface area contributed by atoms with Crippen molar-refractivity contribution in [3.63, 3.8) is 0 Å². The van der Waals surface area contributed by atoms with Gasteiger partial charge in [-0.05, 0) is 63.1 Å². The van der Waals surface area contributed by atoms with E-state index in [4.69, 9.17) is 4.98 Å². The Morgan fingerprint density at radius 2 is 2.00 bits per heavy atom. The molecule has 1 aromatic carbocycles. The number of benzene rings is 1. The van der Waals surface area contributed by atoms with Crippen molar-refractivity contribution >= 4 is 28.4 Å². The van der Waals surface area contributed by atoms with Gasteiger partial charge in [0.05, 0.1) is 29.0 Å². The fourth-order valence-corrected chi connectivity index (χ4v) is 4.53. The first-order valence-corrected chi connectivity index (χ1v) is 11.1. The highest BCUT2D eigenvalue weighted by atomic mass is 19.1. The van der Waals surface area contributed by atoms with E-state index >= 15 is 0 Å². The summed E-state index contributed by atoms with van der Waals surface area (Å²) in [5.74, 6) is 1.05. The molecule has 33 heavy (non-hydrogen) atoms. The van der Waals surface area contributed by atoms with Crippen molar-refractivity contribution in [3.05, 3.63) is 77.8 Å². The van der Waals surface area contributed by atoms with Crippen LogP contribution in [0.1, 0.15) is 36.1 Å². The highest BCUT2D eigenvalue weighted by Gasteiger charge is 2.31. The fourth-order valence-electron chi connectivity index (χ4n) is 4.53. The summed E-state index contributed by atoms with van der Waals surface area (Å²) < 4.78 is 15.2. The van der Waals surface area contributed by atoms with Gasteiger partial charge in [0.1, 0.15) is 24.0 Å². The van der Waals surface area contributed by atoms with Crippen molar-refractivity contribution in [2.45, 2.75) is 39.3 Å². The van der Waals surface area contributed by atoms with Crippen molar-refractivity contribution in [2.24, 2.45) is 0 Å². The molecule has 0 aliphatic carbocycles. The predicted octanol–water partition coefficient (Wildman–Crippen LogP) is 4.69. The van der Waals surface area contributed by atoms with E-state index in [1.807, 2.05) is 59.7 Å². The van der Waals surface area contributed by atoms with Crippen LogP contribution in [0.2, 0.25) is 0 Å². The maximum atomic E-state index is 13.4. The minimum absolute atomic E-state index is 0.0572. The van der Waals surface area contributed by atoms with Crippen LogP contribution in [0.3, 0.4) is 0 Å². The van der Waals surface area contributed by atoms with Crippen molar-refractivity contribution in [1.82, 2.24) is 24.4 Å². The molecule has 4 aromatic rings. The van der Waals surface area contributed by atoms with E-state index in [9.17, 15) is 9.18 Å². The molecule has 1 fully saturated rings. The predicted molar refractivity (Wildman–Crippen MR) is 125 cm³/mol. The number of amides is 1. The smallest absolute Gasteiger partial charge is 0.243 e. The number of aromatic nitrogens is 4. The Hall–Kier alpha value is -3.81. The van der Waals surface area contributed by atoms with Gasteiger partial charge in [-0.3, -0.25) is 9.78 Å². The lowest BCUT2D eigenvalue weighted by atomic mass is 10.1. The van der Waals surface area contributed by atoms with Crippen LogP contribution in [0.5, 0.6) is 0 Å². The summed E-state index contributed by atoms with van der Waals surface area (Å²) >= 11 is 0. The summed E-state index contributed by atoms with van der Waals surface area (Å²) in [4.78, 5) is 28.7. The largest absolute Gasteiger partial charge is 0.340 e. The maximum absolute atomic E-state index is 13.4. The molecule has 3 aromatic heterocycles. The number of aryl methyl sites for hydroxylation is 2. The lowest BCUT2D eigenvalue weighted by molar-refractivity contribution is -0.132. The van der Waals surface area contributed by atoms with Crippen LogP contribution in [0.25, 0.3) is 11.0 Å². The third kappa shape index (κ3) is 4.28. The Balaban J connectivity index is 1.38. The highest BCUT2D eigenvalue weighted by Crippen LogP contribution is 2.33. The van der Waals surface area contributed by atoms with Gasteiger partial charge in [0.25, 0.3) is 0 Å². The van der Waals surface area contributed by atoms with Crippen molar-refractivity contribution < 1.29 is 9.18 Å². The number of imidazole rings is 1. The summed E-state index contributed by atoms with van der Waals surface area (Å²) in [6.45, 7) is 4.81. The number of hydrogen-bond acceptors (Lipinski definition) is 5. The van der Waals surface area contributed by atoms with E-state index in [1.165, 1.54) is 12.3 Å². The highest BCUT2D eigenvalue weighted by molar-refractivity contribution is 5.81. The monoisotopic (exact) mass is 444 g/mol. The number of para-hydroxylation sites is 2. The summed E-state index contributed by atoms with van der Waals surface area (Å²) in [5.41, 5.74) is 4.36. The summed E-state index contributed by atoms with van der Waals surface area (Å²) in [6.07, 6.45) is 2.97. The number of hydrogen-bond donors (Lipinski definition) is 1. The zero-order valence-electron chi connectivity index (χ0n) is 18.6. The first-order valence-electron chi connectivity index (χ1n) is 11.1. The van der Waals surface area contributed by atoms with E-state index in [0.29, 0.717) is 12.4 Å². The fraction of sp³-hybridized carbons (Fsp3) is 0.280. The number of rotatable bonds is 5. The number of nitrogens with one attached hydrogen (secondary N) is 1. The average Bonchev–Trinajstić information content (AvgIpc) is 3.40. The Morgan fingerprint density at radius 1 is 1.15 bits per heavy atom. The third-order valence-corrected chi connectivity index (χ3v) is 6.03. The van der Waals surface area contributed by atoms with Crippen molar-refractivity contribution in [3.8, 4) is 0 Å². The number of pyridine rings is 2. The molecule has 1 saturated heterocycles. The molecule has 0 radical (unpaired) electrons. The molecule has 0 saturated carbocycles. The maximum Gasteiger partial charge on any atom is 0.243 e. The van der Waals surface area contributed by atoms with Crippen LogP contribution in [0.4, 0.5) is 15.9 Å². The van der Waals surface area contributed by atoms with Gasteiger partial charge in [-0.15, -0.1) is 0 Å². The lowest BCUT2D eigenvalue weighted by Crippen LogP contribution is -2.34. The van der Waals surface area contributed by atoms with Gasteiger partial charge in [0, 0.05) is 17.9 Å². The topological polar surface area (TPSA) is 75.9 Å². The quantitative estimate of drug-likeness (QED) is 0.483. The van der Waals surface area contributed by atoms with Crippen LogP contribution in [0, 0.1) is 19.7 Å². The first-order chi connectivity index (χ1) is 16.0. The number of halogens is 1. The van der Waals surface area contributed by atoms with Crippen LogP contribution >= 0.6 is 0 Å². The summed E-state index contributed by atoms with van der Waals surface area (Å²) in [5, 5.41) is 3.21. The van der Waals surface area contributed by atoms with Gasteiger partial charge in [-0.1, -0.05) is 12.1 Å². The van der Waals surface area contributed by atoms with Gasteiger partial charge in [-0.25, -0.2) is 14.4 Å². The van der Waals surface area contributed by atoms with Gasteiger partial charge >= 0.3 is 0 Å². The van der Waals surface area contributed by atoms with Gasteiger partial charge in [-0.2, -0.15) is 0 Å². The number of carbonyl (C=O) groups excluding carboxylic acids is 1. The number of nitrogens with zero attached hydrogens (tertiary/aromatic N) is 5. The zero-order chi connectivity index (χ0) is 22.9. The molecule has 8 heteroatoms. The van der Waals surface area contributed by atoms with Crippen LogP contribution in [-0.4, -0.2) is 36.9 Å². The number of anilines is 2. The van der Waals surface area contributed by atoms with Crippen LogP contribution in [-0.2, 0) is 11.3 Å². The molecule has 4 heterocycles. The molecule has 1 amide bonds. The molecular weight excluding hydrogens is 419 g/mol. The molecule has 0 unspecified atom stereocenters. The van der Waals surface area contributed by atoms with Crippen molar-refractivity contribution in [1.29, 1.82) is 0 Å². The Morgan fingerprint density at radius 3 is 2.82 bits per heavy atom. The minimum Gasteiger partial charge on any atom is -0.340 e. The average molecular weight is 445 g/mol. The molecular formula is C25H25FN6O. The Kier molecular flexibility index (Phi) is 5.50. The van der Waals surface area contributed by atoms with E-state index < -0.39 is 0 Å². The Labute approximate surface area is 191 Å². The van der Waals surface area contributed by atoms with Crippen LogP contribution in [0.15, 0.2) is 54.7 Å². The normalized spacial score (nSPS) is 15.8. The Bertz CT molecular complexity index is 1320. The second-order valence-electron chi connectivity index (χ2n) is 8.39. The molecule has 5 rings (SSSR count). The van der Waals surface area contributed by atoms with E-state index in [0.717, 1.165) is 46.8 Å². The van der Waals surface area contributed by atoms with Gasteiger partial charge in [0.2, 0.25) is 5.91 Å². The van der Waals surface area contributed by atoms with Gasteiger partial charge < -0.3 is 14.8 Å². The lowest BCUT2D eigenvalue weighted by Gasteiger charge is -2.25. The number of likely N-dealkylation sites (tertiary alicyclic amines) is 1. The standard InChI is InChI=1S/C25H25FN6O/c1-16-12-19(30-24-10-9-18(26)14-27-24)13-21(28-16)23-8-5-11-31(23)25(33)15-32-17(2)29-20-6-3-4-7-22(20)32/h3-4,6-7,9-10,12-14,23H,5,8,11,15H2,1-2H3,(H,27,28,30)/t23-/m1/s1. The van der Waals surface area contributed by atoms with E-state index in [1.54, 1.807) is 6.07 Å². The molecule has 1 aliphatic heterocycles. The minimum atomic E-state index is -0.381. The molecule has 1 aliphatic rings. The number of carbonyl (C=O) groups is 1. The van der Waals surface area contributed by atoms with E-state index in [2.05, 4.69) is 15.3 Å². The van der Waals surface area contributed by atoms with Crippen molar-refractivity contribution in [2.75, 3.05) is 11.9 Å². The summed E-state index contributed by atoms with van der Waals surface area (Å²) in [7, 11) is 0. The second kappa shape index (κ2) is 8.61.